The molecule has 4 N–H and O–H groups in total. The van der Waals surface area contributed by atoms with Gasteiger partial charge in [-0.25, -0.2) is 0 Å². The first-order valence-electron chi connectivity index (χ1n) is 7.56. The molecule has 1 fully saturated rings. The van der Waals surface area contributed by atoms with Gasteiger partial charge in [0, 0.05) is 0 Å². The Hall–Kier alpha value is -4.01. The molecule has 294 valence electrons. The van der Waals surface area contributed by atoms with Crippen LogP contribution in [0.25, 0.3) is 0 Å². The summed E-state index contributed by atoms with van der Waals surface area (Å²) in [6.45, 7) is 85.5. The fourth-order valence-corrected chi connectivity index (χ4v) is 1.06. The van der Waals surface area contributed by atoms with Crippen LogP contribution in [0.15, 0.2) is 0 Å². The minimum absolute atomic E-state index is 0. The fourth-order valence-electron chi connectivity index (χ4n) is 1.06. The molecule has 0 amide bonds. The molecular weight excluding hydrogens is 1110 g/mol. The van der Waals surface area contributed by atoms with Gasteiger partial charge in [-0.3, -0.25) is 0 Å². The van der Waals surface area contributed by atoms with Gasteiger partial charge in [0.25, 0.3) is 0 Å². The number of rotatable bonds is 1. The summed E-state index contributed by atoms with van der Waals surface area (Å²) in [6.07, 6.45) is -9.00. The normalized spacial score (nSPS) is 10.9. The molecule has 0 bridgehead atoms. The zero-order valence-electron chi connectivity index (χ0n) is 27.6. The summed E-state index contributed by atoms with van der Waals surface area (Å²) in [7, 11) is 0. The van der Waals surface area contributed by atoms with Crippen molar-refractivity contribution >= 4 is 43.7 Å². The topological polar surface area (TPSA) is 559 Å². The third kappa shape index (κ3) is 338. The molecule has 34 heteroatoms. The Morgan fingerprint density at radius 3 is 0.586 bits per heavy atom. The van der Waals surface area contributed by atoms with Gasteiger partial charge in [0.1, 0.15) is 24.4 Å². The molecular formula is C24H9CaFe7N18NaO7+2. The third-order valence-corrected chi connectivity index (χ3v) is 1.82. The number of carboxylic acid groups (broad SMARTS) is 1. The van der Waals surface area contributed by atoms with Crippen molar-refractivity contribution < 1.29 is 184 Å². The van der Waals surface area contributed by atoms with Gasteiger partial charge in [-0.1, -0.05) is 0 Å². The van der Waals surface area contributed by atoms with Crippen molar-refractivity contribution in [3.05, 3.63) is 118 Å². The molecule has 58 heavy (non-hydrogen) atoms. The quantitative estimate of drug-likeness (QED) is 0.140. The van der Waals surface area contributed by atoms with E-state index in [9.17, 15) is 9.90 Å². The molecule has 1 unspecified atom stereocenters. The second-order valence-corrected chi connectivity index (χ2v) is 2.74. The second kappa shape index (κ2) is 638. The van der Waals surface area contributed by atoms with E-state index >= 15 is 0 Å². The van der Waals surface area contributed by atoms with E-state index in [0.29, 0.717) is 0 Å². The molecule has 1 aliphatic rings. The van der Waals surface area contributed by atoms with Crippen molar-refractivity contribution in [1.82, 2.24) is 0 Å². The van der Waals surface area contributed by atoms with Gasteiger partial charge in [0.05, 0.1) is 5.97 Å². The zero-order chi connectivity index (χ0) is 46.2. The Bertz CT molecular complexity index is 750. The largest absolute Gasteiger partial charge is 3.00 e. The zero-order valence-corrected chi connectivity index (χ0v) is 39.6. The van der Waals surface area contributed by atoms with Crippen LogP contribution in [0, 0.1) is 213 Å². The molecule has 1 aliphatic heterocycles. The number of hydrogen-bond donors (Lipinski definition) is 4. The van der Waals surface area contributed by atoms with E-state index in [1.807, 2.05) is 0 Å². The summed E-state index contributed by atoms with van der Waals surface area (Å²) >= 11 is 0. The number of carbonyl (C=O) groups is 1. The first-order valence-corrected chi connectivity index (χ1v) is 7.56. The van der Waals surface area contributed by atoms with Crippen molar-refractivity contribution in [2.24, 2.45) is 0 Å². The van der Waals surface area contributed by atoms with Crippen molar-refractivity contribution in [3.8, 4) is 0 Å². The van der Waals surface area contributed by atoms with Crippen molar-refractivity contribution in [3.63, 3.8) is 0 Å². The van der Waals surface area contributed by atoms with Crippen LogP contribution in [-0.4, -0.2) is 94.8 Å². The number of carboxylic acids is 1. The van der Waals surface area contributed by atoms with Gasteiger partial charge in [-0.05, 0) is 0 Å². The van der Waals surface area contributed by atoms with Gasteiger partial charge in [-0.2, -0.15) is 0 Å². The molecule has 0 aromatic carbocycles. The number of ether oxygens (including phenoxy) is 1. The predicted octanol–water partition coefficient (Wildman–Crippen LogP) is -6.12. The summed E-state index contributed by atoms with van der Waals surface area (Å²) in [5.74, 6) is -1.77. The summed E-state index contributed by atoms with van der Waals surface area (Å²) in [5.41, 5.74) is 0. The number of aliphatic hydroxyl groups excluding tert-OH is 4. The van der Waals surface area contributed by atoms with E-state index in [0.717, 1.165) is 0 Å². The Morgan fingerprint density at radius 2 is 0.483 bits per heavy atom. The van der Waals surface area contributed by atoms with E-state index in [2.05, 4.69) is 4.74 Å². The van der Waals surface area contributed by atoms with Gasteiger partial charge in [0.2, 0.25) is 0 Å². The van der Waals surface area contributed by atoms with Crippen LogP contribution < -0.4 is 34.7 Å². The Balaban J connectivity index is -0.00000000757. The number of aliphatic carboxylic acids is 1. The van der Waals surface area contributed by atoms with Crippen LogP contribution in [0.3, 0.4) is 0 Å². The summed E-state index contributed by atoms with van der Waals surface area (Å²) in [4.78, 5) is 10.3. The number of carbonyl (C=O) groups excluding carboxylic acids is 1. The summed E-state index contributed by atoms with van der Waals surface area (Å²) < 4.78 is 4.28. The van der Waals surface area contributed by atoms with E-state index in [4.69, 9.17) is 233 Å². The molecule has 0 aliphatic carbocycles. The maximum Gasteiger partial charge on any atom is 3.00 e. The smallest absolute Gasteiger partial charge is 0.547 e. The molecule has 1 saturated heterocycles. The molecule has 1 rings (SSSR count). The molecule has 0 spiro atoms. The molecule has 5 atom stereocenters. The maximum atomic E-state index is 10.3. The Morgan fingerprint density at radius 1 is 0.362 bits per heavy atom. The monoisotopic (exact) mass is 1120 g/mol. The van der Waals surface area contributed by atoms with Crippen molar-refractivity contribution in [2.75, 3.05) is 0 Å². The Kier molecular flexibility index (Phi) is 2290. The number of aliphatic hydroxyl groups is 4. The van der Waals surface area contributed by atoms with Crippen LogP contribution >= 0.6 is 0 Å². The molecule has 4 radical (unpaired) electrons. The summed E-state index contributed by atoms with van der Waals surface area (Å²) in [6, 6.07) is 0. The molecule has 0 aromatic rings. The molecule has 1 heterocycles. The van der Waals surface area contributed by atoms with Gasteiger partial charge >= 0.3 is 187 Å². The van der Waals surface area contributed by atoms with Crippen LogP contribution in [0.1, 0.15) is 0 Å². The summed E-state index contributed by atoms with van der Waals surface area (Å²) in [5, 5.41) is 159. The minimum Gasteiger partial charge on any atom is -0.547 e. The van der Waals surface area contributed by atoms with E-state index in [-0.39, 0.29) is 187 Å². The van der Waals surface area contributed by atoms with Crippen LogP contribution in [0.2, 0.25) is 0 Å². The maximum absolute atomic E-state index is 10.3. The molecule has 0 saturated carbocycles. The van der Waals surface area contributed by atoms with E-state index in [1.165, 1.54) is 0 Å². The van der Waals surface area contributed by atoms with E-state index in [1.54, 1.807) is 0 Å². The minimum atomic E-state index is -1.85. The molecule has 0 aromatic heterocycles. The number of hydrogen-bond acceptors (Lipinski definition) is 25. The van der Waals surface area contributed by atoms with Crippen molar-refractivity contribution in [2.45, 2.75) is 30.7 Å². The third-order valence-electron chi connectivity index (χ3n) is 1.82. The van der Waals surface area contributed by atoms with Gasteiger partial charge < -0.3 is 248 Å². The van der Waals surface area contributed by atoms with Crippen LogP contribution in [0.5, 0.6) is 0 Å². The van der Waals surface area contributed by atoms with Gasteiger partial charge in [0.15, 0.2) is 6.29 Å². The first kappa shape index (κ1) is 208. The van der Waals surface area contributed by atoms with E-state index < -0.39 is 36.7 Å². The van der Waals surface area contributed by atoms with Gasteiger partial charge in [-0.15, -0.1) is 0 Å². The average Bonchev–Trinajstić information content (AvgIpc) is 3.28. The number of nitrogens with zero attached hydrogens (tertiary/aromatic N) is 18. The predicted molar refractivity (Wildman–Crippen MR) is 129 cm³/mol. The Labute approximate surface area is 465 Å². The first-order chi connectivity index (χ1) is 23.9. The second-order valence-electron chi connectivity index (χ2n) is 2.74. The standard InChI is InChI=1S/C6H10O7.18CN.Ca.7Fe.Na/c7-1-2(8)4(5(10)11)13-6(12)3(1)9;18*1-2;;;;;;;;;/h1-4,6-9,12H,(H,10,11);;;;;;;;;;;;;;;;;;;;;;;;;;;/q;18*-1;4*+2;4*+3;+1/p-1/t1-,2-,3-,4?,6+;;;;;;;;;;;;;;;;;;;;;;;;;;;/m0.........................../s1. The molecule has 25 nitrogen and oxygen atoms in total. The van der Waals surface area contributed by atoms with Crippen LogP contribution in [-0.2, 0) is 129 Å². The SMILES string of the molecule is O=C([O-])C1O[C@@H](O)[C@@H](O)[C@@H](O)[C@@H]1O.[C-]#N.[C-]#N.[C-]#N.[C-]#N.[C-]#N.[C-]#N.[C-]#N.[C-]#N.[C-]#N.[C-]#N.[C-]#N.[C-]#N.[C-]#N.[C-]#N.[C-]#N.[C-]#N.[C-]#N.[C-]#N.[Ca+2].[Fe+2].[Fe+2].[Fe+2].[Fe+3].[Fe+3].[Fe+3].[Fe+3].[Na+]. The van der Waals surface area contributed by atoms with Crippen molar-refractivity contribution in [1.29, 1.82) is 94.7 Å². The average molecular weight is 1120 g/mol. The fraction of sp³-hybridized carbons (Fsp3) is 0.208. The van der Waals surface area contributed by atoms with Crippen LogP contribution in [0.4, 0.5) is 0 Å².